The molecule has 2 rings (SSSR count). The van der Waals surface area contributed by atoms with Crippen LogP contribution in [0.1, 0.15) is 24.0 Å². The zero-order valence-electron chi connectivity index (χ0n) is 9.00. The number of aryl methyl sites for hydroxylation is 1. The zero-order valence-corrected chi connectivity index (χ0v) is 9.00. The van der Waals surface area contributed by atoms with Crippen LogP contribution in [-0.4, -0.2) is 19.7 Å². The highest BCUT2D eigenvalue weighted by Gasteiger charge is 2.27. The van der Waals surface area contributed by atoms with E-state index < -0.39 is 0 Å². The third-order valence-electron chi connectivity index (χ3n) is 3.11. The van der Waals surface area contributed by atoms with Gasteiger partial charge < -0.3 is 10.1 Å². The van der Waals surface area contributed by atoms with E-state index in [0.717, 1.165) is 12.3 Å². The van der Waals surface area contributed by atoms with Gasteiger partial charge in [0.05, 0.1) is 7.11 Å². The van der Waals surface area contributed by atoms with Gasteiger partial charge in [-0.25, -0.2) is 0 Å². The van der Waals surface area contributed by atoms with Gasteiger partial charge in [0.1, 0.15) is 5.75 Å². The van der Waals surface area contributed by atoms with Crippen molar-refractivity contribution in [2.45, 2.75) is 25.8 Å². The third kappa shape index (κ3) is 1.50. The lowest BCUT2D eigenvalue weighted by Gasteiger charge is -2.36. The number of hydrogen-bond donors (Lipinski definition) is 1. The first-order valence-corrected chi connectivity index (χ1v) is 5.10. The molecule has 2 unspecified atom stereocenters. The SMILES string of the molecule is COc1ccc(C2CNC2C)cc1C. The fraction of sp³-hybridized carbons (Fsp3) is 0.500. The van der Waals surface area contributed by atoms with Gasteiger partial charge in [-0.3, -0.25) is 0 Å². The molecular weight excluding hydrogens is 174 g/mol. The lowest BCUT2D eigenvalue weighted by atomic mass is 9.85. The molecule has 0 amide bonds. The summed E-state index contributed by atoms with van der Waals surface area (Å²) < 4.78 is 5.24. The molecule has 2 nitrogen and oxygen atoms in total. The van der Waals surface area contributed by atoms with Crippen molar-refractivity contribution in [1.29, 1.82) is 0 Å². The fourth-order valence-corrected chi connectivity index (χ4v) is 2.01. The third-order valence-corrected chi connectivity index (χ3v) is 3.11. The first-order chi connectivity index (χ1) is 6.72. The number of rotatable bonds is 2. The Balaban J connectivity index is 2.24. The summed E-state index contributed by atoms with van der Waals surface area (Å²) in [6.07, 6.45) is 0. The van der Waals surface area contributed by atoms with Gasteiger partial charge >= 0.3 is 0 Å². The van der Waals surface area contributed by atoms with E-state index in [-0.39, 0.29) is 0 Å². The molecule has 1 heterocycles. The second-order valence-electron chi connectivity index (χ2n) is 4.03. The first kappa shape index (κ1) is 9.53. The maximum Gasteiger partial charge on any atom is 0.121 e. The molecule has 1 aromatic rings. The molecule has 0 radical (unpaired) electrons. The van der Waals surface area contributed by atoms with Gasteiger partial charge in [-0.2, -0.15) is 0 Å². The Morgan fingerprint density at radius 2 is 2.21 bits per heavy atom. The number of methoxy groups -OCH3 is 1. The van der Waals surface area contributed by atoms with E-state index in [1.54, 1.807) is 7.11 Å². The molecule has 1 N–H and O–H groups in total. The highest BCUT2D eigenvalue weighted by atomic mass is 16.5. The van der Waals surface area contributed by atoms with Crippen LogP contribution >= 0.6 is 0 Å². The minimum atomic E-state index is 0.614. The maximum atomic E-state index is 5.24. The lowest BCUT2D eigenvalue weighted by Crippen LogP contribution is -2.48. The predicted molar refractivity (Wildman–Crippen MR) is 57.9 cm³/mol. The number of nitrogens with one attached hydrogen (secondary N) is 1. The molecular formula is C12H17NO. The summed E-state index contributed by atoms with van der Waals surface area (Å²) in [5.41, 5.74) is 2.65. The van der Waals surface area contributed by atoms with E-state index in [1.807, 2.05) is 0 Å². The van der Waals surface area contributed by atoms with Crippen molar-refractivity contribution in [3.63, 3.8) is 0 Å². The molecule has 14 heavy (non-hydrogen) atoms. The molecule has 2 atom stereocenters. The summed E-state index contributed by atoms with van der Waals surface area (Å²) in [6.45, 7) is 5.43. The van der Waals surface area contributed by atoms with E-state index in [1.165, 1.54) is 11.1 Å². The molecule has 0 aromatic heterocycles. The molecule has 2 heteroatoms. The van der Waals surface area contributed by atoms with Crippen LogP contribution in [0.25, 0.3) is 0 Å². The predicted octanol–water partition coefficient (Wildman–Crippen LogP) is 2.08. The molecule has 0 spiro atoms. The minimum absolute atomic E-state index is 0.614. The molecule has 0 saturated carbocycles. The Hall–Kier alpha value is -1.02. The summed E-state index contributed by atoms with van der Waals surface area (Å²) in [7, 11) is 1.72. The van der Waals surface area contributed by atoms with Gasteiger partial charge in [-0.1, -0.05) is 12.1 Å². The molecule has 0 bridgehead atoms. The second kappa shape index (κ2) is 3.62. The lowest BCUT2D eigenvalue weighted by molar-refractivity contribution is 0.333. The van der Waals surface area contributed by atoms with Gasteiger partial charge in [0.2, 0.25) is 0 Å². The Morgan fingerprint density at radius 3 is 2.64 bits per heavy atom. The van der Waals surface area contributed by atoms with Crippen molar-refractivity contribution in [2.24, 2.45) is 0 Å². The average Bonchev–Trinajstić information content (AvgIpc) is 2.16. The monoisotopic (exact) mass is 191 g/mol. The Bertz CT molecular complexity index is 335. The molecule has 1 aromatic carbocycles. The highest BCUT2D eigenvalue weighted by molar-refractivity contribution is 5.38. The molecule has 1 saturated heterocycles. The molecule has 1 aliphatic heterocycles. The largest absolute Gasteiger partial charge is 0.496 e. The second-order valence-corrected chi connectivity index (χ2v) is 4.03. The van der Waals surface area contributed by atoms with Gasteiger partial charge in [-0.05, 0) is 31.0 Å². The minimum Gasteiger partial charge on any atom is -0.496 e. The summed E-state index contributed by atoms with van der Waals surface area (Å²) in [5.74, 6) is 1.66. The Labute approximate surface area is 85.3 Å². The van der Waals surface area contributed by atoms with E-state index >= 15 is 0 Å². The van der Waals surface area contributed by atoms with Crippen LogP contribution in [0, 0.1) is 6.92 Å². The van der Waals surface area contributed by atoms with Crippen LogP contribution in [0.15, 0.2) is 18.2 Å². The van der Waals surface area contributed by atoms with Crippen LogP contribution in [-0.2, 0) is 0 Å². The van der Waals surface area contributed by atoms with Gasteiger partial charge in [0.25, 0.3) is 0 Å². The highest BCUT2D eigenvalue weighted by Crippen LogP contribution is 2.29. The van der Waals surface area contributed by atoms with E-state index in [2.05, 4.69) is 37.4 Å². The summed E-state index contributed by atoms with van der Waals surface area (Å²) in [5, 5.41) is 3.37. The average molecular weight is 191 g/mol. The molecule has 1 aliphatic rings. The molecule has 76 valence electrons. The number of benzene rings is 1. The molecule has 0 aliphatic carbocycles. The Kier molecular flexibility index (Phi) is 2.46. The fourth-order valence-electron chi connectivity index (χ4n) is 2.01. The first-order valence-electron chi connectivity index (χ1n) is 5.10. The number of hydrogen-bond acceptors (Lipinski definition) is 2. The van der Waals surface area contributed by atoms with Crippen molar-refractivity contribution < 1.29 is 4.74 Å². The maximum absolute atomic E-state index is 5.24. The van der Waals surface area contributed by atoms with Gasteiger partial charge in [0.15, 0.2) is 0 Å². The Morgan fingerprint density at radius 1 is 1.43 bits per heavy atom. The molecule has 1 fully saturated rings. The van der Waals surface area contributed by atoms with Crippen molar-refractivity contribution in [3.8, 4) is 5.75 Å². The smallest absolute Gasteiger partial charge is 0.121 e. The van der Waals surface area contributed by atoms with Gasteiger partial charge in [0, 0.05) is 18.5 Å². The zero-order chi connectivity index (χ0) is 10.1. The van der Waals surface area contributed by atoms with E-state index in [4.69, 9.17) is 4.74 Å². The van der Waals surface area contributed by atoms with E-state index in [0.29, 0.717) is 12.0 Å². The summed E-state index contributed by atoms with van der Waals surface area (Å²) >= 11 is 0. The summed E-state index contributed by atoms with van der Waals surface area (Å²) in [6, 6.07) is 7.09. The normalized spacial score (nSPS) is 25.6. The van der Waals surface area contributed by atoms with Crippen LogP contribution in [0.2, 0.25) is 0 Å². The van der Waals surface area contributed by atoms with Crippen LogP contribution in [0.3, 0.4) is 0 Å². The van der Waals surface area contributed by atoms with Crippen LogP contribution in [0.4, 0.5) is 0 Å². The number of ether oxygens (including phenoxy) is 1. The van der Waals surface area contributed by atoms with Crippen LogP contribution < -0.4 is 10.1 Å². The standard InChI is InChI=1S/C12H17NO/c1-8-6-10(4-5-12(8)14-3)11-7-13-9(11)2/h4-6,9,11,13H,7H2,1-3H3. The van der Waals surface area contributed by atoms with E-state index in [9.17, 15) is 0 Å². The van der Waals surface area contributed by atoms with Crippen molar-refractivity contribution in [3.05, 3.63) is 29.3 Å². The summed E-state index contributed by atoms with van der Waals surface area (Å²) in [4.78, 5) is 0. The van der Waals surface area contributed by atoms with Crippen LogP contribution in [0.5, 0.6) is 5.75 Å². The quantitative estimate of drug-likeness (QED) is 0.772. The van der Waals surface area contributed by atoms with Crippen molar-refractivity contribution >= 4 is 0 Å². The van der Waals surface area contributed by atoms with Crippen molar-refractivity contribution in [2.75, 3.05) is 13.7 Å². The van der Waals surface area contributed by atoms with Crippen molar-refractivity contribution in [1.82, 2.24) is 5.32 Å². The topological polar surface area (TPSA) is 21.3 Å². The van der Waals surface area contributed by atoms with Gasteiger partial charge in [-0.15, -0.1) is 0 Å².